The van der Waals surface area contributed by atoms with Gasteiger partial charge in [-0.05, 0) is 30.2 Å². The van der Waals surface area contributed by atoms with E-state index in [0.717, 1.165) is 42.1 Å². The van der Waals surface area contributed by atoms with Crippen LogP contribution in [-0.4, -0.2) is 31.1 Å². The summed E-state index contributed by atoms with van der Waals surface area (Å²) < 4.78 is 1.10. The molecule has 1 saturated heterocycles. The molecule has 1 aromatic rings. The highest BCUT2D eigenvalue weighted by Crippen LogP contribution is 2.32. The van der Waals surface area contributed by atoms with E-state index in [0.29, 0.717) is 6.04 Å². The maximum atomic E-state index is 6.33. The molecule has 0 spiro atoms. The molecule has 2 nitrogen and oxygen atoms in total. The van der Waals surface area contributed by atoms with Crippen LogP contribution >= 0.6 is 27.5 Å². The van der Waals surface area contributed by atoms with Gasteiger partial charge in [0.25, 0.3) is 0 Å². The summed E-state index contributed by atoms with van der Waals surface area (Å²) >= 11 is 9.85. The van der Waals surface area contributed by atoms with Crippen molar-refractivity contribution in [1.82, 2.24) is 10.2 Å². The predicted molar refractivity (Wildman–Crippen MR) is 76.6 cm³/mol. The predicted octanol–water partition coefficient (Wildman–Crippen LogP) is 3.46. The number of hydrogen-bond acceptors (Lipinski definition) is 2. The molecule has 0 aliphatic carbocycles. The zero-order chi connectivity index (χ0) is 12.3. The average Bonchev–Trinajstić information content (AvgIpc) is 2.36. The Morgan fingerprint density at radius 2 is 2.12 bits per heavy atom. The van der Waals surface area contributed by atoms with Crippen LogP contribution in [0, 0.1) is 0 Å². The third-order valence-electron chi connectivity index (χ3n) is 3.30. The maximum Gasteiger partial charge on any atom is 0.0454 e. The number of nitrogens with one attached hydrogen (secondary N) is 1. The van der Waals surface area contributed by atoms with E-state index < -0.39 is 0 Å². The standard InChI is InChI=1S/C13H18BrClN2/c1-2-13(17-7-5-16-6-8-17)11-9-10(14)3-4-12(11)15/h3-4,9,13,16H,2,5-8H2,1H3/t13-/m1/s1. The largest absolute Gasteiger partial charge is 0.314 e. The summed E-state index contributed by atoms with van der Waals surface area (Å²) in [6, 6.07) is 6.56. The van der Waals surface area contributed by atoms with Gasteiger partial charge in [0.05, 0.1) is 0 Å². The van der Waals surface area contributed by atoms with Gasteiger partial charge in [-0.15, -0.1) is 0 Å². The van der Waals surface area contributed by atoms with E-state index in [9.17, 15) is 0 Å². The van der Waals surface area contributed by atoms with E-state index >= 15 is 0 Å². The highest BCUT2D eigenvalue weighted by atomic mass is 79.9. The molecule has 1 atom stereocenters. The lowest BCUT2D eigenvalue weighted by Crippen LogP contribution is -2.45. The first-order chi connectivity index (χ1) is 8.22. The van der Waals surface area contributed by atoms with Gasteiger partial charge in [-0.2, -0.15) is 0 Å². The van der Waals surface area contributed by atoms with Crippen molar-refractivity contribution in [3.63, 3.8) is 0 Å². The highest BCUT2D eigenvalue weighted by molar-refractivity contribution is 9.10. The van der Waals surface area contributed by atoms with Crippen molar-refractivity contribution >= 4 is 27.5 Å². The molecule has 1 aliphatic rings. The number of rotatable bonds is 3. The van der Waals surface area contributed by atoms with Crippen molar-refractivity contribution in [3.05, 3.63) is 33.3 Å². The molecular weight excluding hydrogens is 300 g/mol. The van der Waals surface area contributed by atoms with Gasteiger partial charge in [0, 0.05) is 41.7 Å². The molecule has 1 N–H and O–H groups in total. The first-order valence-electron chi connectivity index (χ1n) is 6.12. The summed E-state index contributed by atoms with van der Waals surface area (Å²) in [6.45, 7) is 6.57. The summed E-state index contributed by atoms with van der Waals surface area (Å²) in [6.07, 6.45) is 1.09. The normalized spacial score (nSPS) is 19.2. The first kappa shape index (κ1) is 13.3. The Kier molecular flexibility index (Phi) is 4.86. The second-order valence-corrected chi connectivity index (χ2v) is 5.70. The van der Waals surface area contributed by atoms with Gasteiger partial charge in [0.15, 0.2) is 0 Å². The molecule has 94 valence electrons. The number of halogens is 2. The summed E-state index contributed by atoms with van der Waals surface area (Å²) in [7, 11) is 0. The Hall–Kier alpha value is -0.0900. The highest BCUT2D eigenvalue weighted by Gasteiger charge is 2.22. The molecular formula is C13H18BrClN2. The second kappa shape index (κ2) is 6.19. The fourth-order valence-corrected chi connectivity index (χ4v) is 3.06. The Bertz CT molecular complexity index is 378. The van der Waals surface area contributed by atoms with Gasteiger partial charge >= 0.3 is 0 Å². The molecule has 0 bridgehead atoms. The molecule has 0 saturated carbocycles. The van der Waals surface area contributed by atoms with Crippen molar-refractivity contribution in [3.8, 4) is 0 Å². The van der Waals surface area contributed by atoms with Crippen LogP contribution in [0.25, 0.3) is 0 Å². The van der Waals surface area contributed by atoms with Crippen molar-refractivity contribution in [2.45, 2.75) is 19.4 Å². The second-order valence-electron chi connectivity index (χ2n) is 4.38. The van der Waals surface area contributed by atoms with Crippen LogP contribution in [0.3, 0.4) is 0 Å². The van der Waals surface area contributed by atoms with Crippen molar-refractivity contribution < 1.29 is 0 Å². The zero-order valence-electron chi connectivity index (χ0n) is 10.0. The van der Waals surface area contributed by atoms with Gasteiger partial charge in [0.2, 0.25) is 0 Å². The minimum absolute atomic E-state index is 0.433. The molecule has 0 aromatic heterocycles. The minimum atomic E-state index is 0.433. The van der Waals surface area contributed by atoms with Crippen LogP contribution in [-0.2, 0) is 0 Å². The van der Waals surface area contributed by atoms with E-state index in [2.05, 4.69) is 39.1 Å². The summed E-state index contributed by atoms with van der Waals surface area (Å²) in [5.41, 5.74) is 1.24. The number of benzene rings is 1. The summed E-state index contributed by atoms with van der Waals surface area (Å²) in [5.74, 6) is 0. The van der Waals surface area contributed by atoms with Crippen LogP contribution in [0.2, 0.25) is 5.02 Å². The SMILES string of the molecule is CC[C@H](c1cc(Br)ccc1Cl)N1CCNCC1. The molecule has 17 heavy (non-hydrogen) atoms. The first-order valence-corrected chi connectivity index (χ1v) is 7.29. The molecule has 0 radical (unpaired) electrons. The quantitative estimate of drug-likeness (QED) is 0.918. The smallest absolute Gasteiger partial charge is 0.0454 e. The van der Waals surface area contributed by atoms with Crippen molar-refractivity contribution in [1.29, 1.82) is 0 Å². The Morgan fingerprint density at radius 1 is 1.41 bits per heavy atom. The summed E-state index contributed by atoms with van der Waals surface area (Å²) in [4.78, 5) is 2.52. The van der Waals surface area contributed by atoms with Crippen LogP contribution in [0.5, 0.6) is 0 Å². The minimum Gasteiger partial charge on any atom is -0.314 e. The third-order valence-corrected chi connectivity index (χ3v) is 4.13. The molecule has 2 rings (SSSR count). The molecule has 0 amide bonds. The van der Waals surface area contributed by atoms with Crippen molar-refractivity contribution in [2.24, 2.45) is 0 Å². The molecule has 1 aliphatic heterocycles. The lowest BCUT2D eigenvalue weighted by atomic mass is 10.0. The molecule has 1 heterocycles. The topological polar surface area (TPSA) is 15.3 Å². The fourth-order valence-electron chi connectivity index (χ4n) is 2.44. The number of hydrogen-bond donors (Lipinski definition) is 1. The van der Waals surface area contributed by atoms with Crippen molar-refractivity contribution in [2.75, 3.05) is 26.2 Å². The van der Waals surface area contributed by atoms with Crippen LogP contribution in [0.4, 0.5) is 0 Å². The number of nitrogens with zero attached hydrogens (tertiary/aromatic N) is 1. The molecule has 1 fully saturated rings. The molecule has 1 aromatic carbocycles. The molecule has 4 heteroatoms. The van der Waals surface area contributed by atoms with Gasteiger partial charge in [-0.1, -0.05) is 34.5 Å². The fraction of sp³-hybridized carbons (Fsp3) is 0.538. The van der Waals surface area contributed by atoms with E-state index in [1.54, 1.807) is 0 Å². The van der Waals surface area contributed by atoms with Gasteiger partial charge in [-0.3, -0.25) is 4.90 Å². The Labute approximate surface area is 116 Å². The van der Waals surface area contributed by atoms with Gasteiger partial charge in [0.1, 0.15) is 0 Å². The van der Waals surface area contributed by atoms with E-state index in [1.165, 1.54) is 5.56 Å². The van der Waals surface area contributed by atoms with Gasteiger partial charge in [-0.25, -0.2) is 0 Å². The maximum absolute atomic E-state index is 6.33. The van der Waals surface area contributed by atoms with E-state index in [1.807, 2.05) is 12.1 Å². The van der Waals surface area contributed by atoms with Crippen LogP contribution in [0.1, 0.15) is 24.9 Å². The average molecular weight is 318 g/mol. The summed E-state index contributed by atoms with van der Waals surface area (Å²) in [5, 5.41) is 4.26. The van der Waals surface area contributed by atoms with Crippen LogP contribution < -0.4 is 5.32 Å². The van der Waals surface area contributed by atoms with Crippen LogP contribution in [0.15, 0.2) is 22.7 Å². The zero-order valence-corrected chi connectivity index (χ0v) is 12.4. The number of piperazine rings is 1. The third kappa shape index (κ3) is 3.22. The Balaban J connectivity index is 2.24. The van der Waals surface area contributed by atoms with Gasteiger partial charge < -0.3 is 5.32 Å². The lowest BCUT2D eigenvalue weighted by molar-refractivity contribution is 0.169. The Morgan fingerprint density at radius 3 is 2.76 bits per heavy atom. The van der Waals surface area contributed by atoms with E-state index in [-0.39, 0.29) is 0 Å². The monoisotopic (exact) mass is 316 g/mol. The van der Waals surface area contributed by atoms with E-state index in [4.69, 9.17) is 11.6 Å². The molecule has 0 unspecified atom stereocenters. The lowest BCUT2D eigenvalue weighted by Gasteiger charge is -2.35.